The number of hydrogen-bond donors (Lipinski definition) is 1. The first-order chi connectivity index (χ1) is 9.11. The van der Waals surface area contributed by atoms with Gasteiger partial charge in [0.15, 0.2) is 0 Å². The van der Waals surface area contributed by atoms with Gasteiger partial charge >= 0.3 is 0 Å². The van der Waals surface area contributed by atoms with E-state index >= 15 is 0 Å². The van der Waals surface area contributed by atoms with Crippen LogP contribution in [0.1, 0.15) is 5.69 Å². The Morgan fingerprint density at radius 3 is 2.84 bits per heavy atom. The molecule has 0 aromatic carbocycles. The van der Waals surface area contributed by atoms with Gasteiger partial charge in [-0.3, -0.25) is 4.79 Å². The van der Waals surface area contributed by atoms with Gasteiger partial charge in [0.05, 0.1) is 12.2 Å². The molecule has 3 aromatic rings. The number of rotatable bonds is 2. The maximum atomic E-state index is 13.1. The van der Waals surface area contributed by atoms with Crippen LogP contribution in [0, 0.1) is 5.82 Å². The van der Waals surface area contributed by atoms with Crippen molar-refractivity contribution < 1.29 is 4.39 Å². The summed E-state index contributed by atoms with van der Waals surface area (Å²) in [6, 6.07) is 5.89. The predicted molar refractivity (Wildman–Crippen MR) is 69.4 cm³/mol. The largest absolute Gasteiger partial charge is 0.398 e. The van der Waals surface area contributed by atoms with E-state index in [1.165, 1.54) is 22.9 Å². The minimum absolute atomic E-state index is 0.155. The van der Waals surface area contributed by atoms with Crippen LogP contribution in [0.2, 0.25) is 0 Å². The molecular weight excluding hydrogens is 247 g/mol. The first kappa shape index (κ1) is 11.5. The molecule has 0 aliphatic carbocycles. The van der Waals surface area contributed by atoms with Crippen LogP contribution in [-0.4, -0.2) is 14.0 Å². The van der Waals surface area contributed by atoms with Crippen LogP contribution in [-0.2, 0) is 6.54 Å². The first-order valence-electron chi connectivity index (χ1n) is 5.71. The highest BCUT2D eigenvalue weighted by atomic mass is 19.1. The monoisotopic (exact) mass is 258 g/mol. The van der Waals surface area contributed by atoms with Gasteiger partial charge in [-0.2, -0.15) is 0 Å². The Kier molecular flexibility index (Phi) is 2.56. The number of hydrogen-bond acceptors (Lipinski definition) is 3. The summed E-state index contributed by atoms with van der Waals surface area (Å²) in [7, 11) is 0. The molecule has 0 spiro atoms. The number of fused-ring (bicyclic) bond motifs is 1. The van der Waals surface area contributed by atoms with E-state index in [0.717, 1.165) is 0 Å². The summed E-state index contributed by atoms with van der Waals surface area (Å²) in [5.74, 6) is -0.336. The Labute approximate surface area is 107 Å². The Balaban J connectivity index is 2.01. The minimum atomic E-state index is -0.336. The quantitative estimate of drug-likeness (QED) is 0.752. The molecule has 96 valence electrons. The van der Waals surface area contributed by atoms with Crippen LogP contribution in [0.15, 0.2) is 47.7 Å². The van der Waals surface area contributed by atoms with Gasteiger partial charge in [0.2, 0.25) is 0 Å². The third-order valence-corrected chi connectivity index (χ3v) is 2.80. The average Bonchev–Trinajstić information content (AvgIpc) is 2.75. The van der Waals surface area contributed by atoms with Crippen LogP contribution in [0.4, 0.5) is 10.1 Å². The van der Waals surface area contributed by atoms with E-state index in [0.29, 0.717) is 23.6 Å². The van der Waals surface area contributed by atoms with E-state index in [-0.39, 0.29) is 11.4 Å². The predicted octanol–water partition coefficient (Wildman–Crippen LogP) is 1.27. The van der Waals surface area contributed by atoms with Crippen molar-refractivity contribution in [1.29, 1.82) is 0 Å². The van der Waals surface area contributed by atoms with Crippen molar-refractivity contribution in [3.8, 4) is 0 Å². The van der Waals surface area contributed by atoms with E-state index < -0.39 is 0 Å². The van der Waals surface area contributed by atoms with Crippen LogP contribution in [0.3, 0.4) is 0 Å². The van der Waals surface area contributed by atoms with Gasteiger partial charge < -0.3 is 14.7 Å². The fraction of sp³-hybridized carbons (Fsp3) is 0.0769. The number of anilines is 1. The summed E-state index contributed by atoms with van der Waals surface area (Å²) in [4.78, 5) is 16.0. The van der Waals surface area contributed by atoms with Gasteiger partial charge in [0.1, 0.15) is 11.5 Å². The van der Waals surface area contributed by atoms with Gasteiger partial charge in [-0.1, -0.05) is 0 Å². The number of nitrogen functional groups attached to an aromatic ring is 1. The SMILES string of the molecule is Nc1ccc(=O)n(Cc2cn3cc(F)ccc3n2)c1. The van der Waals surface area contributed by atoms with Gasteiger partial charge in [0.25, 0.3) is 5.56 Å². The van der Waals surface area contributed by atoms with Crippen LogP contribution >= 0.6 is 0 Å². The molecule has 0 amide bonds. The smallest absolute Gasteiger partial charge is 0.251 e. The molecule has 0 aliphatic heterocycles. The molecule has 0 fully saturated rings. The molecule has 0 radical (unpaired) electrons. The second-order valence-corrected chi connectivity index (χ2v) is 4.27. The zero-order chi connectivity index (χ0) is 13.4. The van der Waals surface area contributed by atoms with E-state index in [4.69, 9.17) is 5.73 Å². The zero-order valence-corrected chi connectivity index (χ0v) is 9.95. The zero-order valence-electron chi connectivity index (χ0n) is 9.95. The highest BCUT2D eigenvalue weighted by Crippen LogP contribution is 2.08. The molecule has 0 atom stereocenters. The maximum absolute atomic E-state index is 13.1. The molecule has 0 bridgehead atoms. The second kappa shape index (κ2) is 4.24. The van der Waals surface area contributed by atoms with Crippen molar-refractivity contribution >= 4 is 11.3 Å². The molecule has 5 nitrogen and oxygen atoms in total. The first-order valence-corrected chi connectivity index (χ1v) is 5.71. The third-order valence-electron chi connectivity index (χ3n) is 2.80. The molecule has 0 unspecified atom stereocenters. The highest BCUT2D eigenvalue weighted by Gasteiger charge is 2.04. The number of aromatic nitrogens is 3. The van der Waals surface area contributed by atoms with Crippen molar-refractivity contribution in [2.45, 2.75) is 6.54 Å². The Bertz CT molecular complexity index is 806. The fourth-order valence-corrected chi connectivity index (χ4v) is 1.94. The molecule has 3 rings (SSSR count). The van der Waals surface area contributed by atoms with Gasteiger partial charge in [-0.25, -0.2) is 9.37 Å². The summed E-state index contributed by atoms with van der Waals surface area (Å²) >= 11 is 0. The lowest BCUT2D eigenvalue weighted by molar-refractivity contribution is 0.619. The summed E-state index contributed by atoms with van der Waals surface area (Å²) < 4.78 is 16.1. The Hall–Kier alpha value is -2.63. The fourth-order valence-electron chi connectivity index (χ4n) is 1.94. The van der Waals surface area contributed by atoms with Crippen molar-refractivity contribution in [3.63, 3.8) is 0 Å². The van der Waals surface area contributed by atoms with Gasteiger partial charge in [-0.05, 0) is 18.2 Å². The van der Waals surface area contributed by atoms with Crippen molar-refractivity contribution in [2.24, 2.45) is 0 Å². The van der Waals surface area contributed by atoms with Crippen molar-refractivity contribution in [3.05, 3.63) is 64.7 Å². The van der Waals surface area contributed by atoms with E-state index in [1.54, 1.807) is 28.9 Å². The lowest BCUT2D eigenvalue weighted by Gasteiger charge is -2.03. The summed E-state index contributed by atoms with van der Waals surface area (Å²) in [6.45, 7) is 0.299. The number of nitrogens with zero attached hydrogens (tertiary/aromatic N) is 3. The molecule has 3 heterocycles. The number of imidazole rings is 1. The highest BCUT2D eigenvalue weighted by molar-refractivity contribution is 5.40. The Morgan fingerprint density at radius 2 is 2.00 bits per heavy atom. The lowest BCUT2D eigenvalue weighted by Crippen LogP contribution is -2.19. The minimum Gasteiger partial charge on any atom is -0.398 e. The molecule has 19 heavy (non-hydrogen) atoms. The normalized spacial score (nSPS) is 11.0. The molecule has 0 aliphatic rings. The molecular formula is C13H11FN4O. The summed E-state index contributed by atoms with van der Waals surface area (Å²) in [6.07, 6.45) is 4.59. The third kappa shape index (κ3) is 2.20. The summed E-state index contributed by atoms with van der Waals surface area (Å²) in [5.41, 5.74) is 7.29. The maximum Gasteiger partial charge on any atom is 0.251 e. The number of pyridine rings is 2. The van der Waals surface area contributed by atoms with E-state index in [9.17, 15) is 9.18 Å². The van der Waals surface area contributed by atoms with E-state index in [1.807, 2.05) is 0 Å². The molecule has 0 saturated carbocycles. The van der Waals surface area contributed by atoms with Crippen molar-refractivity contribution in [2.75, 3.05) is 5.73 Å². The van der Waals surface area contributed by atoms with Gasteiger partial charge in [-0.15, -0.1) is 0 Å². The topological polar surface area (TPSA) is 65.3 Å². The van der Waals surface area contributed by atoms with Crippen molar-refractivity contribution in [1.82, 2.24) is 14.0 Å². The Morgan fingerprint density at radius 1 is 1.16 bits per heavy atom. The number of nitrogens with two attached hydrogens (primary N) is 1. The van der Waals surface area contributed by atoms with Crippen LogP contribution in [0.5, 0.6) is 0 Å². The second-order valence-electron chi connectivity index (χ2n) is 4.27. The summed E-state index contributed by atoms with van der Waals surface area (Å²) in [5, 5.41) is 0. The lowest BCUT2D eigenvalue weighted by atomic mass is 10.4. The van der Waals surface area contributed by atoms with Crippen LogP contribution in [0.25, 0.3) is 5.65 Å². The van der Waals surface area contributed by atoms with E-state index in [2.05, 4.69) is 4.98 Å². The van der Waals surface area contributed by atoms with Gasteiger partial charge in [0, 0.05) is 30.3 Å². The standard InChI is InChI=1S/C13H11FN4O/c14-9-1-3-12-16-11(7-17(12)5-9)8-18-6-10(15)2-4-13(18)19/h1-7H,8,15H2. The molecule has 2 N–H and O–H groups in total. The molecule has 3 aromatic heterocycles. The number of halogens is 1. The van der Waals surface area contributed by atoms with Crippen LogP contribution < -0.4 is 11.3 Å². The molecule has 6 heteroatoms. The average molecular weight is 258 g/mol. The molecule has 0 saturated heterocycles.